The van der Waals surface area contributed by atoms with Gasteiger partial charge in [-0.3, -0.25) is 4.79 Å². The summed E-state index contributed by atoms with van der Waals surface area (Å²) in [7, 11) is -3.28. The molecular weight excluding hydrogens is 492 g/mol. The minimum Gasteiger partial charge on any atom is -0.465 e. The largest absolute Gasteiger partial charge is 0.465 e. The first kappa shape index (κ1) is 25.0. The SMILES string of the molecule is CS(=O)(=O)NC1CCN(C(=O)OC2CCc3c(sc(NC(=O)/C=C/c4ccco4)c3C#N)C2)CC1. The predicted octanol–water partition coefficient (Wildman–Crippen LogP) is 2.87. The van der Waals surface area contributed by atoms with Gasteiger partial charge in [0.1, 0.15) is 22.9 Å². The van der Waals surface area contributed by atoms with Crippen LogP contribution in [0.25, 0.3) is 6.08 Å². The Morgan fingerprint density at radius 1 is 1.31 bits per heavy atom. The lowest BCUT2D eigenvalue weighted by Crippen LogP contribution is -2.47. The molecule has 186 valence electrons. The van der Waals surface area contributed by atoms with Gasteiger partial charge in [0.15, 0.2) is 0 Å². The molecule has 0 radical (unpaired) electrons. The third kappa shape index (κ3) is 6.50. The number of furan rings is 1. The third-order valence-electron chi connectivity index (χ3n) is 5.91. The van der Waals surface area contributed by atoms with Gasteiger partial charge in [-0.2, -0.15) is 5.26 Å². The lowest BCUT2D eigenvalue weighted by Gasteiger charge is -2.33. The zero-order valence-electron chi connectivity index (χ0n) is 19.2. The van der Waals surface area contributed by atoms with Crippen molar-refractivity contribution >= 4 is 44.4 Å². The Hall–Kier alpha value is -3.14. The third-order valence-corrected chi connectivity index (χ3v) is 7.84. The highest BCUT2D eigenvalue weighted by Gasteiger charge is 2.31. The maximum absolute atomic E-state index is 12.7. The number of hydrogen-bond donors (Lipinski definition) is 2. The molecule has 0 spiro atoms. The second kappa shape index (κ2) is 10.6. The summed E-state index contributed by atoms with van der Waals surface area (Å²) >= 11 is 1.33. The number of carbonyl (C=O) groups is 2. The molecule has 0 bridgehead atoms. The van der Waals surface area contributed by atoms with E-state index in [1.807, 2.05) is 0 Å². The number of rotatable bonds is 6. The van der Waals surface area contributed by atoms with Crippen LogP contribution in [-0.2, 0) is 32.4 Å². The molecule has 1 saturated heterocycles. The highest BCUT2D eigenvalue weighted by atomic mass is 32.2. The molecule has 1 aliphatic heterocycles. The van der Waals surface area contributed by atoms with E-state index in [0.29, 0.717) is 61.5 Å². The van der Waals surface area contributed by atoms with Crippen molar-refractivity contribution in [3.05, 3.63) is 46.2 Å². The lowest BCUT2D eigenvalue weighted by molar-refractivity contribution is -0.111. The smallest absolute Gasteiger partial charge is 0.410 e. The normalized spacial score (nSPS) is 18.7. The van der Waals surface area contributed by atoms with Crippen LogP contribution in [0, 0.1) is 11.3 Å². The summed E-state index contributed by atoms with van der Waals surface area (Å²) in [6, 6.07) is 5.47. The summed E-state index contributed by atoms with van der Waals surface area (Å²) in [5.74, 6) is 0.180. The molecule has 10 nitrogen and oxygen atoms in total. The summed E-state index contributed by atoms with van der Waals surface area (Å²) in [6.07, 6.45) is 7.50. The number of anilines is 1. The molecule has 1 aliphatic carbocycles. The number of likely N-dealkylation sites (tertiary alicyclic amines) is 1. The number of nitrogens with one attached hydrogen (secondary N) is 2. The van der Waals surface area contributed by atoms with Crippen molar-refractivity contribution in [1.82, 2.24) is 9.62 Å². The topological polar surface area (TPSA) is 142 Å². The number of ether oxygens (including phenoxy) is 1. The van der Waals surface area contributed by atoms with E-state index in [4.69, 9.17) is 9.15 Å². The molecule has 1 fully saturated rings. The predicted molar refractivity (Wildman–Crippen MR) is 130 cm³/mol. The summed E-state index contributed by atoms with van der Waals surface area (Å²) in [5.41, 5.74) is 1.35. The van der Waals surface area contributed by atoms with Crippen LogP contribution in [0.1, 0.15) is 41.0 Å². The molecule has 2 aliphatic rings. The van der Waals surface area contributed by atoms with Gasteiger partial charge in [0, 0.05) is 36.5 Å². The molecule has 2 aromatic rings. The van der Waals surface area contributed by atoms with E-state index in [0.717, 1.165) is 16.7 Å². The Balaban J connectivity index is 1.33. The molecule has 35 heavy (non-hydrogen) atoms. The zero-order chi connectivity index (χ0) is 25.0. The Bertz CT molecular complexity index is 1250. The first-order valence-corrected chi connectivity index (χ1v) is 13.9. The van der Waals surface area contributed by atoms with Crippen molar-refractivity contribution in [2.45, 2.75) is 44.2 Å². The van der Waals surface area contributed by atoms with Gasteiger partial charge in [-0.25, -0.2) is 17.9 Å². The molecule has 2 amide bonds. The first-order chi connectivity index (χ1) is 16.7. The van der Waals surface area contributed by atoms with Gasteiger partial charge >= 0.3 is 6.09 Å². The average molecular weight is 519 g/mol. The molecule has 1 unspecified atom stereocenters. The van der Waals surface area contributed by atoms with Crippen molar-refractivity contribution < 1.29 is 27.2 Å². The number of fused-ring (bicyclic) bond motifs is 1. The van der Waals surface area contributed by atoms with E-state index in [2.05, 4.69) is 16.1 Å². The van der Waals surface area contributed by atoms with Crippen molar-refractivity contribution in [3.63, 3.8) is 0 Å². The quantitative estimate of drug-likeness (QED) is 0.560. The molecule has 1 atom stereocenters. The number of hydrogen-bond acceptors (Lipinski definition) is 8. The van der Waals surface area contributed by atoms with Crippen LogP contribution in [0.5, 0.6) is 0 Å². The van der Waals surface area contributed by atoms with E-state index in [-0.39, 0.29) is 18.1 Å². The van der Waals surface area contributed by atoms with E-state index in [9.17, 15) is 23.3 Å². The maximum atomic E-state index is 12.7. The number of amides is 2. The number of piperidine rings is 1. The molecule has 12 heteroatoms. The summed E-state index contributed by atoms with van der Waals surface area (Å²) in [4.78, 5) is 27.5. The van der Waals surface area contributed by atoms with Gasteiger partial charge in [0.2, 0.25) is 15.9 Å². The molecule has 2 N–H and O–H groups in total. The highest BCUT2D eigenvalue weighted by Crippen LogP contribution is 2.38. The zero-order valence-corrected chi connectivity index (χ0v) is 20.8. The van der Waals surface area contributed by atoms with Gasteiger partial charge in [-0.1, -0.05) is 0 Å². The number of nitrogens with zero attached hydrogens (tertiary/aromatic N) is 2. The van der Waals surface area contributed by atoms with Crippen LogP contribution in [0.15, 0.2) is 28.9 Å². The number of sulfonamides is 1. The van der Waals surface area contributed by atoms with Crippen molar-refractivity contribution in [2.24, 2.45) is 0 Å². The monoisotopic (exact) mass is 518 g/mol. The molecule has 0 aromatic carbocycles. The van der Waals surface area contributed by atoms with Gasteiger partial charge in [0.25, 0.3) is 0 Å². The molecular formula is C23H26N4O6S2. The summed E-state index contributed by atoms with van der Waals surface area (Å²) < 4.78 is 36.3. The van der Waals surface area contributed by atoms with Crippen molar-refractivity contribution in [1.29, 1.82) is 5.26 Å². The lowest BCUT2D eigenvalue weighted by atomic mass is 9.94. The summed E-state index contributed by atoms with van der Waals surface area (Å²) in [6.45, 7) is 0.840. The van der Waals surface area contributed by atoms with E-state index in [1.165, 1.54) is 23.7 Å². The fourth-order valence-electron chi connectivity index (χ4n) is 4.26. The van der Waals surface area contributed by atoms with Crippen LogP contribution in [0.3, 0.4) is 0 Å². The number of thiophene rings is 1. The van der Waals surface area contributed by atoms with Gasteiger partial charge < -0.3 is 19.4 Å². The Morgan fingerprint density at radius 3 is 2.74 bits per heavy atom. The standard InChI is InChI=1S/C23H26N4O6S2/c1-35(30,31)26-15-8-10-27(11-9-15)23(29)33-17-4-6-18-19(14-24)22(34-20(18)13-17)25-21(28)7-5-16-3-2-12-32-16/h2-3,5,7,12,15,17,26H,4,6,8-11,13H2,1H3,(H,25,28)/b7-5+. The van der Waals surface area contributed by atoms with Gasteiger partial charge in [-0.05, 0) is 49.5 Å². The van der Waals surface area contributed by atoms with Crippen molar-refractivity contribution in [3.8, 4) is 6.07 Å². The Labute approximate surface area is 207 Å². The molecule has 0 saturated carbocycles. The van der Waals surface area contributed by atoms with E-state index >= 15 is 0 Å². The Kier molecular flexibility index (Phi) is 7.59. The van der Waals surface area contributed by atoms with Gasteiger partial charge in [-0.15, -0.1) is 11.3 Å². The minimum atomic E-state index is -3.28. The van der Waals surface area contributed by atoms with E-state index < -0.39 is 16.1 Å². The van der Waals surface area contributed by atoms with Crippen LogP contribution in [0.2, 0.25) is 0 Å². The van der Waals surface area contributed by atoms with Crippen molar-refractivity contribution in [2.75, 3.05) is 24.7 Å². The molecule has 3 heterocycles. The van der Waals surface area contributed by atoms with Crippen LogP contribution in [0.4, 0.5) is 9.80 Å². The van der Waals surface area contributed by atoms with Crippen LogP contribution < -0.4 is 10.0 Å². The first-order valence-electron chi connectivity index (χ1n) is 11.2. The van der Waals surface area contributed by atoms with E-state index in [1.54, 1.807) is 23.1 Å². The number of carbonyl (C=O) groups excluding carboxylic acids is 2. The fraction of sp³-hybridized carbons (Fsp3) is 0.435. The highest BCUT2D eigenvalue weighted by molar-refractivity contribution is 7.88. The second-order valence-corrected chi connectivity index (χ2v) is 11.4. The second-order valence-electron chi connectivity index (χ2n) is 8.56. The molecule has 4 rings (SSSR count). The average Bonchev–Trinajstić information content (AvgIpc) is 3.44. The fourth-order valence-corrected chi connectivity index (χ4v) is 6.37. The number of nitriles is 1. The van der Waals surface area contributed by atoms with Gasteiger partial charge in [0.05, 0.1) is 18.1 Å². The Morgan fingerprint density at radius 2 is 2.09 bits per heavy atom. The maximum Gasteiger partial charge on any atom is 0.410 e. The van der Waals surface area contributed by atoms with Crippen LogP contribution >= 0.6 is 11.3 Å². The summed E-state index contributed by atoms with van der Waals surface area (Å²) in [5, 5.41) is 12.9. The minimum absolute atomic E-state index is 0.177. The molecule has 2 aromatic heterocycles. The van der Waals surface area contributed by atoms with Crippen LogP contribution in [-0.4, -0.2) is 56.8 Å².